The molecule has 7 heteroatoms. The molecule has 0 saturated carbocycles. The fraction of sp³-hybridized carbons (Fsp3) is 0.233. The van der Waals surface area contributed by atoms with Gasteiger partial charge in [0.25, 0.3) is 5.91 Å². The van der Waals surface area contributed by atoms with Crippen LogP contribution in [-0.2, 0) is 17.3 Å². The molecule has 0 atom stereocenters. The number of hydrogen-bond donors (Lipinski definition) is 2. The van der Waals surface area contributed by atoms with E-state index in [1.54, 1.807) is 11.7 Å². The lowest BCUT2D eigenvalue weighted by Gasteiger charge is -2.24. The molecule has 2 heterocycles. The van der Waals surface area contributed by atoms with Crippen molar-refractivity contribution in [3.63, 3.8) is 0 Å². The molecule has 1 fully saturated rings. The number of ether oxygens (including phenoxy) is 1. The summed E-state index contributed by atoms with van der Waals surface area (Å²) in [5.41, 5.74) is 5.77. The van der Waals surface area contributed by atoms with Crippen LogP contribution >= 0.6 is 0 Å². The summed E-state index contributed by atoms with van der Waals surface area (Å²) in [6.07, 6.45) is 3.12. The highest BCUT2D eigenvalue weighted by molar-refractivity contribution is 7.85. The smallest absolute Gasteiger partial charge is 0.254 e. The minimum atomic E-state index is -0.704. The number of methoxy groups -OCH3 is 1. The molecular formula is C30H31N3O3S. The molecule has 1 aliphatic heterocycles. The SMILES string of the molecule is C=CC(=O)n1c(-c2ccc(CNc3ccc(OC)cc3)cc2)cc2c(NC3CCS(=O)CC3)cccc21. The second-order valence-electron chi connectivity index (χ2n) is 9.19. The van der Waals surface area contributed by atoms with Crippen LogP contribution in [0.5, 0.6) is 5.75 Å². The number of nitrogens with one attached hydrogen (secondary N) is 2. The molecule has 5 rings (SSSR count). The van der Waals surface area contributed by atoms with Gasteiger partial charge in [-0.2, -0.15) is 0 Å². The van der Waals surface area contributed by atoms with Crippen molar-refractivity contribution in [3.8, 4) is 17.0 Å². The third kappa shape index (κ3) is 5.47. The minimum Gasteiger partial charge on any atom is -0.497 e. The number of benzene rings is 3. The van der Waals surface area contributed by atoms with Gasteiger partial charge in [0, 0.05) is 51.7 Å². The Kier molecular flexibility index (Phi) is 7.42. The highest BCUT2D eigenvalue weighted by Gasteiger charge is 2.21. The molecule has 0 aliphatic carbocycles. The van der Waals surface area contributed by atoms with E-state index in [4.69, 9.17) is 4.74 Å². The predicted octanol–water partition coefficient (Wildman–Crippen LogP) is 6.08. The highest BCUT2D eigenvalue weighted by Crippen LogP contribution is 2.34. The van der Waals surface area contributed by atoms with Gasteiger partial charge in [0.1, 0.15) is 5.75 Å². The van der Waals surface area contributed by atoms with E-state index in [2.05, 4.69) is 47.5 Å². The van der Waals surface area contributed by atoms with Crippen molar-refractivity contribution in [1.82, 2.24) is 4.57 Å². The third-order valence-electron chi connectivity index (χ3n) is 6.82. The predicted molar refractivity (Wildman–Crippen MR) is 153 cm³/mol. The van der Waals surface area contributed by atoms with Crippen molar-refractivity contribution in [2.24, 2.45) is 0 Å². The molecule has 1 aliphatic rings. The van der Waals surface area contributed by atoms with E-state index >= 15 is 0 Å². The van der Waals surface area contributed by atoms with Gasteiger partial charge in [-0.05, 0) is 72.5 Å². The summed E-state index contributed by atoms with van der Waals surface area (Å²) < 4.78 is 18.7. The Morgan fingerprint density at radius 2 is 1.81 bits per heavy atom. The molecule has 1 saturated heterocycles. The first-order chi connectivity index (χ1) is 18.1. The van der Waals surface area contributed by atoms with Gasteiger partial charge in [0.2, 0.25) is 0 Å². The number of carbonyl (C=O) groups excluding carboxylic acids is 1. The van der Waals surface area contributed by atoms with E-state index in [1.807, 2.05) is 42.5 Å². The van der Waals surface area contributed by atoms with Crippen LogP contribution in [0.4, 0.5) is 11.4 Å². The molecule has 0 unspecified atom stereocenters. The average molecular weight is 514 g/mol. The van der Waals surface area contributed by atoms with Crippen molar-refractivity contribution in [1.29, 1.82) is 0 Å². The van der Waals surface area contributed by atoms with Gasteiger partial charge in [-0.3, -0.25) is 13.6 Å². The molecule has 3 aromatic carbocycles. The van der Waals surface area contributed by atoms with Gasteiger partial charge in [0.15, 0.2) is 0 Å². The lowest BCUT2D eigenvalue weighted by atomic mass is 10.1. The first kappa shape index (κ1) is 24.8. The fourth-order valence-electron chi connectivity index (χ4n) is 4.76. The van der Waals surface area contributed by atoms with Crippen molar-refractivity contribution in [3.05, 3.63) is 91.0 Å². The largest absolute Gasteiger partial charge is 0.497 e. The molecule has 0 radical (unpaired) electrons. The summed E-state index contributed by atoms with van der Waals surface area (Å²) in [6.45, 7) is 4.41. The minimum absolute atomic E-state index is 0.166. The second-order valence-corrected chi connectivity index (χ2v) is 10.9. The topological polar surface area (TPSA) is 72.4 Å². The molecular weight excluding hydrogens is 482 g/mol. The van der Waals surface area contributed by atoms with Gasteiger partial charge in [-0.15, -0.1) is 0 Å². The number of fused-ring (bicyclic) bond motifs is 1. The van der Waals surface area contributed by atoms with E-state index in [-0.39, 0.29) is 11.9 Å². The average Bonchev–Trinajstić information content (AvgIpc) is 3.34. The van der Waals surface area contributed by atoms with Crippen molar-refractivity contribution in [2.45, 2.75) is 25.4 Å². The zero-order valence-electron chi connectivity index (χ0n) is 20.9. The van der Waals surface area contributed by atoms with E-state index in [0.29, 0.717) is 6.54 Å². The Hall–Kier alpha value is -3.84. The lowest BCUT2D eigenvalue weighted by Crippen LogP contribution is -2.29. The third-order valence-corrected chi connectivity index (χ3v) is 8.21. The number of aromatic nitrogens is 1. The Morgan fingerprint density at radius 3 is 2.49 bits per heavy atom. The monoisotopic (exact) mass is 513 g/mol. The van der Waals surface area contributed by atoms with Gasteiger partial charge in [-0.1, -0.05) is 36.9 Å². The highest BCUT2D eigenvalue weighted by atomic mass is 32.2. The maximum Gasteiger partial charge on any atom is 0.254 e. The normalized spacial score (nSPS) is 17.3. The summed E-state index contributed by atoms with van der Waals surface area (Å²) >= 11 is 0. The summed E-state index contributed by atoms with van der Waals surface area (Å²) in [5, 5.41) is 8.06. The Balaban J connectivity index is 1.41. The van der Waals surface area contributed by atoms with Gasteiger partial charge in [0.05, 0.1) is 18.3 Å². The zero-order chi connectivity index (χ0) is 25.8. The molecule has 0 bridgehead atoms. The first-order valence-corrected chi connectivity index (χ1v) is 13.9. The van der Waals surface area contributed by atoms with Crippen LogP contribution in [0.3, 0.4) is 0 Å². The van der Waals surface area contributed by atoms with E-state index in [9.17, 15) is 9.00 Å². The molecule has 190 valence electrons. The molecule has 6 nitrogen and oxygen atoms in total. The number of allylic oxidation sites excluding steroid dienone is 1. The maximum absolute atomic E-state index is 13.0. The molecule has 1 aromatic heterocycles. The van der Waals surface area contributed by atoms with E-state index < -0.39 is 10.8 Å². The van der Waals surface area contributed by atoms with Crippen molar-refractivity contribution in [2.75, 3.05) is 29.2 Å². The van der Waals surface area contributed by atoms with Crippen LogP contribution in [0.25, 0.3) is 22.2 Å². The standard InChI is InChI=1S/C30H31N3O3S/c1-3-30(34)33-28-6-4-5-27(32-24-15-17-37(35)18-16-24)26(28)19-29(33)22-9-7-21(8-10-22)20-31-23-11-13-25(36-2)14-12-23/h3-14,19,24,31-32H,1,15-18,20H2,2H3. The molecule has 37 heavy (non-hydrogen) atoms. The Labute approximate surface area is 219 Å². The number of nitrogens with zero attached hydrogens (tertiary/aromatic N) is 1. The molecule has 0 spiro atoms. The van der Waals surface area contributed by atoms with Crippen LogP contribution in [-0.4, -0.2) is 39.3 Å². The zero-order valence-corrected chi connectivity index (χ0v) is 21.7. The second kappa shape index (κ2) is 11.0. The first-order valence-electron chi connectivity index (χ1n) is 12.5. The molecule has 0 amide bonds. The number of rotatable bonds is 8. The fourth-order valence-corrected chi connectivity index (χ4v) is 6.06. The maximum atomic E-state index is 13.0. The van der Waals surface area contributed by atoms with Crippen LogP contribution < -0.4 is 15.4 Å². The quantitative estimate of drug-likeness (QED) is 0.280. The van der Waals surface area contributed by atoms with Gasteiger partial charge >= 0.3 is 0 Å². The summed E-state index contributed by atoms with van der Waals surface area (Å²) in [5.74, 6) is 2.12. The summed E-state index contributed by atoms with van der Waals surface area (Å²) in [6, 6.07) is 24.4. The van der Waals surface area contributed by atoms with Gasteiger partial charge in [-0.25, -0.2) is 0 Å². The van der Waals surface area contributed by atoms with Crippen LogP contribution in [0, 0.1) is 0 Å². The van der Waals surface area contributed by atoms with Crippen LogP contribution in [0.1, 0.15) is 23.2 Å². The summed E-state index contributed by atoms with van der Waals surface area (Å²) in [4.78, 5) is 13.0. The number of hydrogen-bond acceptors (Lipinski definition) is 5. The van der Waals surface area contributed by atoms with E-state index in [1.165, 1.54) is 6.08 Å². The number of carbonyl (C=O) groups is 1. The summed E-state index contributed by atoms with van der Waals surface area (Å²) in [7, 11) is 0.954. The Bertz CT molecular complexity index is 1430. The van der Waals surface area contributed by atoms with Gasteiger partial charge < -0.3 is 15.4 Å². The van der Waals surface area contributed by atoms with Crippen LogP contribution in [0.2, 0.25) is 0 Å². The Morgan fingerprint density at radius 1 is 1.08 bits per heavy atom. The van der Waals surface area contributed by atoms with Crippen molar-refractivity contribution >= 4 is 39.0 Å². The number of anilines is 2. The van der Waals surface area contributed by atoms with E-state index in [0.717, 1.165) is 69.2 Å². The lowest BCUT2D eigenvalue weighted by molar-refractivity contribution is 0.0976. The molecule has 4 aromatic rings. The van der Waals surface area contributed by atoms with Crippen molar-refractivity contribution < 1.29 is 13.7 Å². The van der Waals surface area contributed by atoms with Crippen LogP contribution in [0.15, 0.2) is 85.5 Å². The molecule has 2 N–H and O–H groups in total.